The lowest BCUT2D eigenvalue weighted by Gasteiger charge is -2.39. The number of hydrogen-bond donors (Lipinski definition) is 1. The highest BCUT2D eigenvalue weighted by Gasteiger charge is 2.57. The molecular formula is C15H12N2O5. The number of aliphatic hydroxyl groups excluding tert-OH is 1. The van der Waals surface area contributed by atoms with Gasteiger partial charge in [0.05, 0.1) is 6.61 Å². The van der Waals surface area contributed by atoms with Crippen LogP contribution in [0.25, 0.3) is 0 Å². The Morgan fingerprint density at radius 1 is 1.27 bits per heavy atom. The van der Waals surface area contributed by atoms with E-state index in [0.717, 1.165) is 5.56 Å². The second-order valence-corrected chi connectivity index (χ2v) is 5.15. The molecule has 3 heterocycles. The number of hydrogen-bond acceptors (Lipinski definition) is 6. The molecule has 22 heavy (non-hydrogen) atoms. The molecule has 0 spiro atoms. The molecule has 1 fully saturated rings. The first kappa shape index (κ1) is 13.0. The summed E-state index contributed by atoms with van der Waals surface area (Å²) in [6.07, 6.45) is -0.648. The zero-order valence-electron chi connectivity index (χ0n) is 11.4. The largest absolute Gasteiger partial charge is 0.456 e. The van der Waals surface area contributed by atoms with E-state index in [1.807, 2.05) is 30.3 Å². The summed E-state index contributed by atoms with van der Waals surface area (Å²) < 4.78 is 10.6. The maximum atomic E-state index is 12.2. The summed E-state index contributed by atoms with van der Waals surface area (Å²) in [6.45, 7) is -0.340. The summed E-state index contributed by atoms with van der Waals surface area (Å²) in [6, 6.07) is 8.60. The lowest BCUT2D eigenvalue weighted by molar-refractivity contribution is -0.161. The number of rotatable bonds is 3. The Labute approximate surface area is 125 Å². The van der Waals surface area contributed by atoms with Gasteiger partial charge in [0.1, 0.15) is 12.3 Å². The van der Waals surface area contributed by atoms with Gasteiger partial charge in [-0.2, -0.15) is 0 Å². The first-order valence-electron chi connectivity index (χ1n) is 6.83. The molecule has 3 aliphatic rings. The van der Waals surface area contributed by atoms with Crippen molar-refractivity contribution in [2.24, 2.45) is 4.99 Å². The molecule has 1 saturated heterocycles. The van der Waals surface area contributed by atoms with Crippen LogP contribution in [0.5, 0.6) is 0 Å². The van der Waals surface area contributed by atoms with Crippen LogP contribution in [0.3, 0.4) is 0 Å². The Balaban J connectivity index is 1.62. The fourth-order valence-electron chi connectivity index (χ4n) is 2.74. The second-order valence-electron chi connectivity index (χ2n) is 5.15. The van der Waals surface area contributed by atoms with Crippen LogP contribution in [0.15, 0.2) is 46.6 Å². The van der Waals surface area contributed by atoms with Crippen molar-refractivity contribution in [3.05, 3.63) is 47.2 Å². The third kappa shape index (κ3) is 1.69. The highest BCUT2D eigenvalue weighted by Crippen LogP contribution is 2.37. The van der Waals surface area contributed by atoms with Gasteiger partial charge in [0.2, 0.25) is 12.1 Å². The summed E-state index contributed by atoms with van der Waals surface area (Å²) >= 11 is 0. The molecule has 1 aromatic carbocycles. The van der Waals surface area contributed by atoms with Crippen molar-refractivity contribution >= 4 is 17.8 Å². The number of amides is 1. The molecule has 7 nitrogen and oxygen atoms in total. The van der Waals surface area contributed by atoms with Gasteiger partial charge >= 0.3 is 5.97 Å². The zero-order valence-corrected chi connectivity index (χ0v) is 11.4. The number of aliphatic imine (C=N–C) groups is 1. The van der Waals surface area contributed by atoms with Crippen molar-refractivity contribution in [3.63, 3.8) is 0 Å². The topological polar surface area (TPSA) is 88.4 Å². The quantitative estimate of drug-likeness (QED) is 0.617. The van der Waals surface area contributed by atoms with Crippen molar-refractivity contribution in [2.75, 3.05) is 13.2 Å². The SMILES string of the molecule is O=C1OCC(CO)=C1N1C(=O)[C@@H]2N=C(c3ccccc3)O[C@@H]21. The molecule has 0 aromatic heterocycles. The molecule has 112 valence electrons. The normalized spacial score (nSPS) is 26.4. The smallest absolute Gasteiger partial charge is 0.355 e. The van der Waals surface area contributed by atoms with Gasteiger partial charge in [-0.3, -0.25) is 9.69 Å². The van der Waals surface area contributed by atoms with Gasteiger partial charge in [0.15, 0.2) is 6.04 Å². The Bertz CT molecular complexity index is 725. The predicted octanol–water partition coefficient (Wildman–Crippen LogP) is -0.197. The van der Waals surface area contributed by atoms with Crippen LogP contribution in [0.1, 0.15) is 5.56 Å². The number of carbonyl (C=O) groups is 2. The predicted molar refractivity (Wildman–Crippen MR) is 73.6 cm³/mol. The van der Waals surface area contributed by atoms with Crippen molar-refractivity contribution in [2.45, 2.75) is 12.3 Å². The number of cyclic esters (lactones) is 1. The maximum absolute atomic E-state index is 12.2. The van der Waals surface area contributed by atoms with Crippen LogP contribution in [0.4, 0.5) is 0 Å². The van der Waals surface area contributed by atoms with E-state index in [-0.39, 0.29) is 24.8 Å². The van der Waals surface area contributed by atoms with Crippen LogP contribution >= 0.6 is 0 Å². The Hall–Kier alpha value is -2.67. The average molecular weight is 300 g/mol. The van der Waals surface area contributed by atoms with Crippen molar-refractivity contribution in [3.8, 4) is 0 Å². The summed E-state index contributed by atoms with van der Waals surface area (Å²) in [5.41, 5.74) is 1.24. The monoisotopic (exact) mass is 300 g/mol. The van der Waals surface area contributed by atoms with Crippen LogP contribution < -0.4 is 0 Å². The molecule has 0 radical (unpaired) electrons. The molecule has 1 N–H and O–H groups in total. The standard InChI is InChI=1S/C15H12N2O5/c18-6-9-7-21-15(20)11(9)17-13(19)10-14(17)22-12(16-10)8-4-2-1-3-5-8/h1-5,10,14,18H,6-7H2/t10-,14-/m0/s1. The van der Waals surface area contributed by atoms with Gasteiger partial charge in [-0.25, -0.2) is 9.79 Å². The van der Waals surface area contributed by atoms with Crippen LogP contribution in [-0.2, 0) is 19.1 Å². The number of aliphatic hydroxyl groups is 1. The van der Waals surface area contributed by atoms with Crippen LogP contribution in [0, 0.1) is 0 Å². The van der Waals surface area contributed by atoms with E-state index in [0.29, 0.717) is 11.5 Å². The number of fused-ring (bicyclic) bond motifs is 1. The lowest BCUT2D eigenvalue weighted by Crippen LogP contribution is -2.62. The zero-order chi connectivity index (χ0) is 15.3. The first-order valence-corrected chi connectivity index (χ1v) is 6.83. The Morgan fingerprint density at radius 2 is 2.05 bits per heavy atom. The van der Waals surface area contributed by atoms with E-state index in [4.69, 9.17) is 9.47 Å². The highest BCUT2D eigenvalue weighted by molar-refractivity contribution is 6.06. The van der Waals surface area contributed by atoms with Crippen LogP contribution in [-0.4, -0.2) is 53.3 Å². The van der Waals surface area contributed by atoms with Gasteiger partial charge in [-0.1, -0.05) is 18.2 Å². The van der Waals surface area contributed by atoms with Gasteiger partial charge in [0, 0.05) is 11.1 Å². The van der Waals surface area contributed by atoms with E-state index < -0.39 is 18.2 Å². The van der Waals surface area contributed by atoms with Gasteiger partial charge in [-0.05, 0) is 12.1 Å². The maximum Gasteiger partial charge on any atom is 0.355 e. The molecule has 4 rings (SSSR count). The van der Waals surface area contributed by atoms with Gasteiger partial charge in [-0.15, -0.1) is 0 Å². The number of carbonyl (C=O) groups excluding carboxylic acids is 2. The third-order valence-corrected chi connectivity index (χ3v) is 3.86. The number of likely N-dealkylation sites (tertiary alicyclic amines) is 1. The second kappa shape index (κ2) is 4.67. The number of ether oxygens (including phenoxy) is 2. The Kier molecular flexibility index (Phi) is 2.77. The molecule has 7 heteroatoms. The summed E-state index contributed by atoms with van der Waals surface area (Å²) in [7, 11) is 0. The van der Waals surface area contributed by atoms with Crippen molar-refractivity contribution in [1.82, 2.24) is 4.90 Å². The number of esters is 1. The van der Waals surface area contributed by atoms with E-state index in [2.05, 4.69) is 4.99 Å². The third-order valence-electron chi connectivity index (χ3n) is 3.86. The van der Waals surface area contributed by atoms with E-state index in [1.165, 1.54) is 4.90 Å². The average Bonchev–Trinajstić information content (AvgIpc) is 3.11. The van der Waals surface area contributed by atoms with E-state index in [1.54, 1.807) is 0 Å². The van der Waals surface area contributed by atoms with Crippen molar-refractivity contribution < 1.29 is 24.2 Å². The minimum atomic E-state index is -0.648. The fourth-order valence-corrected chi connectivity index (χ4v) is 2.74. The minimum Gasteiger partial charge on any atom is -0.456 e. The first-order chi connectivity index (χ1) is 10.7. The molecular weight excluding hydrogens is 288 g/mol. The lowest BCUT2D eigenvalue weighted by atomic mass is 10.0. The van der Waals surface area contributed by atoms with Gasteiger partial charge in [0.25, 0.3) is 5.91 Å². The highest BCUT2D eigenvalue weighted by atomic mass is 16.5. The molecule has 1 amide bonds. The molecule has 3 aliphatic heterocycles. The molecule has 2 atom stereocenters. The number of nitrogens with zero attached hydrogens (tertiary/aromatic N) is 2. The number of β-lactam (4-membered cyclic amide) rings is 1. The fraction of sp³-hybridized carbons (Fsp3) is 0.267. The van der Waals surface area contributed by atoms with E-state index in [9.17, 15) is 14.7 Å². The minimum absolute atomic E-state index is 0.00175. The number of benzene rings is 1. The van der Waals surface area contributed by atoms with Crippen molar-refractivity contribution in [1.29, 1.82) is 0 Å². The van der Waals surface area contributed by atoms with Crippen LogP contribution in [0.2, 0.25) is 0 Å². The molecule has 0 bridgehead atoms. The van der Waals surface area contributed by atoms with Gasteiger partial charge < -0.3 is 14.6 Å². The Morgan fingerprint density at radius 3 is 2.77 bits per heavy atom. The molecule has 0 aliphatic carbocycles. The molecule has 1 aromatic rings. The molecule has 0 saturated carbocycles. The summed E-state index contributed by atoms with van der Waals surface area (Å²) in [5.74, 6) is -0.563. The van der Waals surface area contributed by atoms with E-state index >= 15 is 0 Å². The molecule has 0 unspecified atom stereocenters. The summed E-state index contributed by atoms with van der Waals surface area (Å²) in [4.78, 5) is 29.5. The summed E-state index contributed by atoms with van der Waals surface area (Å²) in [5, 5.41) is 9.28.